The Bertz CT molecular complexity index is 605. The fourth-order valence-corrected chi connectivity index (χ4v) is 2.26. The Balaban J connectivity index is 5.32. The molecule has 160 valence electrons. The highest BCUT2D eigenvalue weighted by Crippen LogP contribution is 2.08. The van der Waals surface area contributed by atoms with Gasteiger partial charge < -0.3 is 32.5 Å². The highest BCUT2D eigenvalue weighted by Gasteiger charge is 2.33. The van der Waals surface area contributed by atoms with Gasteiger partial charge in [0.05, 0.1) is 12.5 Å². The molecule has 0 fully saturated rings. The molecule has 4 atom stereocenters. The summed E-state index contributed by atoms with van der Waals surface area (Å²) in [6.07, 6.45) is -0.584. The van der Waals surface area contributed by atoms with E-state index in [-0.39, 0.29) is 5.92 Å². The van der Waals surface area contributed by atoms with Gasteiger partial charge in [0, 0.05) is 0 Å². The van der Waals surface area contributed by atoms with Gasteiger partial charge in [-0.05, 0) is 18.8 Å². The number of carbonyl (C=O) groups is 5. The maximum Gasteiger partial charge on any atom is 0.326 e. The van der Waals surface area contributed by atoms with Crippen molar-refractivity contribution in [3.8, 4) is 0 Å². The third-order valence-electron chi connectivity index (χ3n) is 3.93. The Labute approximate surface area is 164 Å². The quantitative estimate of drug-likeness (QED) is 0.232. The van der Waals surface area contributed by atoms with E-state index in [0.717, 1.165) is 0 Å². The summed E-state index contributed by atoms with van der Waals surface area (Å²) in [6.45, 7) is 8.20. The van der Waals surface area contributed by atoms with Crippen LogP contribution in [0.4, 0.5) is 0 Å². The third kappa shape index (κ3) is 8.33. The van der Waals surface area contributed by atoms with Crippen LogP contribution in [-0.2, 0) is 24.0 Å². The fourth-order valence-electron chi connectivity index (χ4n) is 2.26. The highest BCUT2D eigenvalue weighted by molar-refractivity contribution is 5.95. The van der Waals surface area contributed by atoms with Gasteiger partial charge in [-0.25, -0.2) is 4.79 Å². The van der Waals surface area contributed by atoms with Crippen molar-refractivity contribution >= 4 is 29.6 Å². The molecule has 11 heteroatoms. The smallest absolute Gasteiger partial charge is 0.326 e. The molecule has 4 amide bonds. The molecule has 28 heavy (non-hydrogen) atoms. The Morgan fingerprint density at radius 1 is 0.786 bits per heavy atom. The van der Waals surface area contributed by atoms with Crippen LogP contribution in [0, 0.1) is 11.8 Å². The van der Waals surface area contributed by atoms with Crippen LogP contribution in [0.1, 0.15) is 41.0 Å². The van der Waals surface area contributed by atoms with Crippen LogP contribution in [-0.4, -0.2) is 58.9 Å². The topological polar surface area (TPSA) is 194 Å². The normalized spacial score (nSPS) is 15.3. The first-order valence-corrected chi connectivity index (χ1v) is 8.95. The number of aliphatic carboxylic acids is 1. The summed E-state index contributed by atoms with van der Waals surface area (Å²) >= 11 is 0. The molecule has 0 radical (unpaired) electrons. The number of carbonyl (C=O) groups excluding carboxylic acids is 4. The zero-order valence-electron chi connectivity index (χ0n) is 16.8. The van der Waals surface area contributed by atoms with Gasteiger partial charge >= 0.3 is 5.97 Å². The molecule has 0 aromatic heterocycles. The van der Waals surface area contributed by atoms with E-state index in [1.807, 2.05) is 0 Å². The fraction of sp³-hybridized carbons (Fsp3) is 0.706. The monoisotopic (exact) mass is 401 g/mol. The summed E-state index contributed by atoms with van der Waals surface area (Å²) in [5, 5.41) is 16.4. The van der Waals surface area contributed by atoms with Crippen LogP contribution in [0.15, 0.2) is 0 Å². The van der Waals surface area contributed by atoms with E-state index in [1.165, 1.54) is 6.92 Å². The molecule has 0 heterocycles. The van der Waals surface area contributed by atoms with Crippen molar-refractivity contribution < 1.29 is 29.1 Å². The lowest BCUT2D eigenvalue weighted by atomic mass is 9.99. The largest absolute Gasteiger partial charge is 0.480 e. The van der Waals surface area contributed by atoms with Crippen molar-refractivity contribution in [2.75, 3.05) is 0 Å². The lowest BCUT2D eigenvalue weighted by Crippen LogP contribution is -2.59. The number of nitrogens with one attached hydrogen (secondary N) is 3. The summed E-state index contributed by atoms with van der Waals surface area (Å²) in [5.74, 6) is -4.92. The number of hydrogen-bond acceptors (Lipinski definition) is 6. The van der Waals surface area contributed by atoms with Crippen molar-refractivity contribution in [2.45, 2.75) is 65.2 Å². The summed E-state index contributed by atoms with van der Waals surface area (Å²) < 4.78 is 0. The minimum atomic E-state index is -1.51. The van der Waals surface area contributed by atoms with E-state index < -0.39 is 66.1 Å². The first-order chi connectivity index (χ1) is 12.8. The number of carboxylic acid groups (broad SMARTS) is 1. The maximum atomic E-state index is 12.6. The lowest BCUT2D eigenvalue weighted by Gasteiger charge is -2.28. The highest BCUT2D eigenvalue weighted by atomic mass is 16.4. The average molecular weight is 401 g/mol. The molecule has 0 saturated carbocycles. The summed E-state index contributed by atoms with van der Waals surface area (Å²) in [7, 11) is 0. The van der Waals surface area contributed by atoms with Crippen molar-refractivity contribution in [2.24, 2.45) is 23.3 Å². The SMILES string of the molecule is CC(N)C(=O)NC(C(=O)NC(C(=O)NC(CC(N)=O)C(=O)O)C(C)C)C(C)C. The number of nitrogens with two attached hydrogens (primary N) is 2. The predicted octanol–water partition coefficient (Wildman–Crippen LogP) is -1.94. The van der Waals surface area contributed by atoms with Crippen LogP contribution >= 0.6 is 0 Å². The van der Waals surface area contributed by atoms with Crippen LogP contribution in [0.25, 0.3) is 0 Å². The van der Waals surface area contributed by atoms with Crippen LogP contribution in [0.2, 0.25) is 0 Å². The van der Waals surface area contributed by atoms with Crippen molar-refractivity contribution in [1.82, 2.24) is 16.0 Å². The van der Waals surface area contributed by atoms with Crippen LogP contribution in [0.5, 0.6) is 0 Å². The molecule has 0 rings (SSSR count). The summed E-state index contributed by atoms with van der Waals surface area (Å²) in [5.41, 5.74) is 10.5. The number of rotatable bonds is 11. The predicted molar refractivity (Wildman–Crippen MR) is 101 cm³/mol. The molecule has 0 aromatic carbocycles. The average Bonchev–Trinajstić information content (AvgIpc) is 2.54. The zero-order valence-corrected chi connectivity index (χ0v) is 16.8. The molecule has 0 bridgehead atoms. The maximum absolute atomic E-state index is 12.6. The second-order valence-corrected chi connectivity index (χ2v) is 7.32. The van der Waals surface area contributed by atoms with Gasteiger partial charge in [-0.1, -0.05) is 27.7 Å². The molecule has 0 spiro atoms. The van der Waals surface area contributed by atoms with Crippen LogP contribution in [0.3, 0.4) is 0 Å². The van der Waals surface area contributed by atoms with Crippen molar-refractivity contribution in [3.05, 3.63) is 0 Å². The second kappa shape index (κ2) is 11.2. The Kier molecular flexibility index (Phi) is 10.1. The first-order valence-electron chi connectivity index (χ1n) is 8.95. The minimum absolute atomic E-state index is 0.291. The molecule has 8 N–H and O–H groups in total. The number of hydrogen-bond donors (Lipinski definition) is 6. The number of carboxylic acids is 1. The number of primary amides is 1. The van der Waals surface area contributed by atoms with Gasteiger partial charge in [0.1, 0.15) is 18.1 Å². The van der Waals surface area contributed by atoms with Gasteiger partial charge in [0.2, 0.25) is 23.6 Å². The number of amides is 4. The molecule has 11 nitrogen and oxygen atoms in total. The van der Waals surface area contributed by atoms with Crippen molar-refractivity contribution in [3.63, 3.8) is 0 Å². The lowest BCUT2D eigenvalue weighted by molar-refractivity contribution is -0.144. The molecule has 0 aliphatic carbocycles. The standard InChI is InChI=1S/C17H31N5O6/c1-7(2)12(15(25)20-10(17(27)28)6-11(19)23)22-16(26)13(8(3)4)21-14(24)9(5)18/h7-10,12-13H,6,18H2,1-5H3,(H2,19,23)(H,20,25)(H,21,24)(H,22,26)(H,27,28). The van der Waals surface area contributed by atoms with Gasteiger partial charge in [-0.15, -0.1) is 0 Å². The summed E-state index contributed by atoms with van der Waals surface area (Å²) in [4.78, 5) is 59.1. The molecule has 0 aliphatic rings. The van der Waals surface area contributed by atoms with E-state index >= 15 is 0 Å². The Morgan fingerprint density at radius 2 is 1.18 bits per heavy atom. The van der Waals surface area contributed by atoms with E-state index in [1.54, 1.807) is 27.7 Å². The van der Waals surface area contributed by atoms with E-state index in [4.69, 9.17) is 16.6 Å². The Hall–Kier alpha value is -2.69. The summed E-state index contributed by atoms with van der Waals surface area (Å²) in [6, 6.07) is -4.35. The molecule has 4 unspecified atom stereocenters. The molecular weight excluding hydrogens is 370 g/mol. The molecule has 0 aromatic rings. The first kappa shape index (κ1) is 25.3. The minimum Gasteiger partial charge on any atom is -0.480 e. The van der Waals surface area contributed by atoms with Gasteiger partial charge in [-0.2, -0.15) is 0 Å². The molecular formula is C17H31N5O6. The molecule has 0 aliphatic heterocycles. The van der Waals surface area contributed by atoms with Gasteiger partial charge in [0.15, 0.2) is 0 Å². The third-order valence-corrected chi connectivity index (χ3v) is 3.93. The van der Waals surface area contributed by atoms with E-state index in [2.05, 4.69) is 16.0 Å². The zero-order chi connectivity index (χ0) is 22.2. The van der Waals surface area contributed by atoms with Crippen LogP contribution < -0.4 is 27.4 Å². The van der Waals surface area contributed by atoms with Crippen molar-refractivity contribution in [1.29, 1.82) is 0 Å². The molecule has 0 saturated heterocycles. The Morgan fingerprint density at radius 3 is 1.50 bits per heavy atom. The van der Waals surface area contributed by atoms with E-state index in [0.29, 0.717) is 0 Å². The van der Waals surface area contributed by atoms with E-state index in [9.17, 15) is 24.0 Å². The van der Waals surface area contributed by atoms with Gasteiger partial charge in [0.25, 0.3) is 0 Å². The second-order valence-electron chi connectivity index (χ2n) is 7.32. The van der Waals surface area contributed by atoms with Gasteiger partial charge in [-0.3, -0.25) is 19.2 Å².